The molecule has 0 bridgehead atoms. The summed E-state index contributed by atoms with van der Waals surface area (Å²) in [5, 5.41) is 12.4. The average molecular weight is 165 g/mol. The third-order valence-electron chi connectivity index (χ3n) is 1.90. The van der Waals surface area contributed by atoms with Crippen LogP contribution in [0.3, 0.4) is 0 Å². The largest absolute Gasteiger partial charge is 0.465 e. The number of hydrogen-bond donors (Lipinski definition) is 2. The first kappa shape index (κ1) is 7.58. The van der Waals surface area contributed by atoms with E-state index in [1.165, 1.54) is 0 Å². The van der Waals surface area contributed by atoms with Crippen LogP contribution in [-0.4, -0.2) is 24.3 Å². The molecule has 0 amide bonds. The molecule has 0 saturated carbocycles. The lowest BCUT2D eigenvalue weighted by molar-refractivity contribution is 0.216. The van der Waals surface area contributed by atoms with Crippen LogP contribution < -0.4 is 5.32 Å². The molecule has 1 atom stereocenters. The summed E-state index contributed by atoms with van der Waals surface area (Å²) in [6.45, 7) is 1.40. The van der Waals surface area contributed by atoms with Gasteiger partial charge in [-0.3, -0.25) is 0 Å². The molecule has 2 N–H and O–H groups in total. The predicted molar refractivity (Wildman–Crippen MR) is 45.6 cm³/mol. The number of aliphatic hydroxyl groups is 1. The molecule has 1 aromatic heterocycles. The van der Waals surface area contributed by atoms with Gasteiger partial charge in [0.25, 0.3) is 0 Å². The highest BCUT2D eigenvalue weighted by molar-refractivity contribution is 5.64. The Morgan fingerprint density at radius 3 is 3.17 bits per heavy atom. The maximum atomic E-state index is 9.30. The summed E-state index contributed by atoms with van der Waals surface area (Å²) in [6.07, 6.45) is 3.07. The second-order valence-corrected chi connectivity index (χ2v) is 2.87. The summed E-state index contributed by atoms with van der Waals surface area (Å²) >= 11 is 0. The van der Waals surface area contributed by atoms with E-state index in [4.69, 9.17) is 4.42 Å². The van der Waals surface area contributed by atoms with E-state index in [2.05, 4.69) is 5.32 Å². The van der Waals surface area contributed by atoms with Gasteiger partial charge >= 0.3 is 0 Å². The molecule has 3 nitrogen and oxygen atoms in total. The van der Waals surface area contributed by atoms with Crippen molar-refractivity contribution in [2.24, 2.45) is 0 Å². The second-order valence-electron chi connectivity index (χ2n) is 2.87. The third-order valence-corrected chi connectivity index (χ3v) is 1.90. The number of aliphatic hydroxyl groups excluding tert-OH is 1. The second kappa shape index (κ2) is 3.13. The van der Waals surface area contributed by atoms with Gasteiger partial charge in [0.2, 0.25) is 0 Å². The summed E-state index contributed by atoms with van der Waals surface area (Å²) in [6, 6.07) is 3.74. The molecule has 0 radical (unpaired) electrons. The molecular weight excluding hydrogens is 154 g/mol. The van der Waals surface area contributed by atoms with E-state index in [1.807, 2.05) is 18.2 Å². The van der Waals surface area contributed by atoms with Gasteiger partial charge in [-0.05, 0) is 18.2 Å². The van der Waals surface area contributed by atoms with E-state index in [0.717, 1.165) is 17.9 Å². The van der Waals surface area contributed by atoms with E-state index < -0.39 is 0 Å². The van der Waals surface area contributed by atoms with E-state index in [9.17, 15) is 5.11 Å². The van der Waals surface area contributed by atoms with Gasteiger partial charge in [-0.25, -0.2) is 0 Å². The predicted octanol–water partition coefficient (Wildman–Crippen LogP) is 0.627. The standard InChI is InChI=1S/C9H11NO2/c11-8-4-7(5-10-6-8)9-2-1-3-12-9/h1-4,8,10-11H,5-6H2. The summed E-state index contributed by atoms with van der Waals surface area (Å²) in [7, 11) is 0. The van der Waals surface area contributed by atoms with Gasteiger partial charge in [0, 0.05) is 18.7 Å². The third kappa shape index (κ3) is 1.42. The highest BCUT2D eigenvalue weighted by Crippen LogP contribution is 2.16. The summed E-state index contributed by atoms with van der Waals surface area (Å²) < 4.78 is 5.20. The van der Waals surface area contributed by atoms with E-state index in [-0.39, 0.29) is 6.10 Å². The van der Waals surface area contributed by atoms with Gasteiger partial charge in [-0.15, -0.1) is 0 Å². The number of β-amino-alcohol motifs (C(OH)–C–C–N with tert-alkyl or cyclic N) is 1. The number of furan rings is 1. The Morgan fingerprint density at radius 2 is 2.50 bits per heavy atom. The van der Waals surface area contributed by atoms with Crippen LogP contribution in [0.15, 0.2) is 28.9 Å². The Kier molecular flexibility index (Phi) is 1.98. The van der Waals surface area contributed by atoms with Crippen molar-refractivity contribution < 1.29 is 9.52 Å². The fourth-order valence-electron chi connectivity index (χ4n) is 1.34. The first-order valence-corrected chi connectivity index (χ1v) is 3.99. The van der Waals surface area contributed by atoms with Crippen LogP contribution in [-0.2, 0) is 0 Å². The van der Waals surface area contributed by atoms with Crippen LogP contribution in [0, 0.1) is 0 Å². The quantitative estimate of drug-likeness (QED) is 0.641. The molecule has 3 heteroatoms. The summed E-state index contributed by atoms with van der Waals surface area (Å²) in [5.74, 6) is 0.834. The molecule has 0 aliphatic carbocycles. The maximum absolute atomic E-state index is 9.30. The molecule has 1 aromatic rings. The van der Waals surface area contributed by atoms with Crippen LogP contribution in [0.25, 0.3) is 5.57 Å². The molecular formula is C9H11NO2. The highest BCUT2D eigenvalue weighted by atomic mass is 16.3. The van der Waals surface area contributed by atoms with Gasteiger partial charge in [-0.1, -0.05) is 0 Å². The normalized spacial score (nSPS) is 23.8. The zero-order valence-electron chi connectivity index (χ0n) is 6.66. The van der Waals surface area contributed by atoms with E-state index in [0.29, 0.717) is 6.54 Å². The minimum Gasteiger partial charge on any atom is -0.465 e. The van der Waals surface area contributed by atoms with Gasteiger partial charge < -0.3 is 14.8 Å². The van der Waals surface area contributed by atoms with Crippen LogP contribution >= 0.6 is 0 Å². The van der Waals surface area contributed by atoms with Crippen LogP contribution in [0.2, 0.25) is 0 Å². The van der Waals surface area contributed by atoms with Crippen molar-refractivity contribution in [2.75, 3.05) is 13.1 Å². The Balaban J connectivity index is 2.23. The average Bonchev–Trinajstić information content (AvgIpc) is 2.56. The Hall–Kier alpha value is -1.06. The lowest BCUT2D eigenvalue weighted by Crippen LogP contribution is -2.31. The lowest BCUT2D eigenvalue weighted by Gasteiger charge is -2.16. The Labute approximate surface area is 70.7 Å². The molecule has 64 valence electrons. The fraction of sp³-hybridized carbons (Fsp3) is 0.333. The molecule has 1 aliphatic rings. The van der Waals surface area contributed by atoms with Gasteiger partial charge in [0.15, 0.2) is 0 Å². The van der Waals surface area contributed by atoms with Crippen molar-refractivity contribution in [3.8, 4) is 0 Å². The summed E-state index contributed by atoms with van der Waals surface area (Å²) in [5.41, 5.74) is 1.03. The molecule has 0 spiro atoms. The summed E-state index contributed by atoms with van der Waals surface area (Å²) in [4.78, 5) is 0. The molecule has 0 saturated heterocycles. The highest BCUT2D eigenvalue weighted by Gasteiger charge is 2.12. The molecule has 12 heavy (non-hydrogen) atoms. The van der Waals surface area contributed by atoms with Crippen LogP contribution in [0.5, 0.6) is 0 Å². The molecule has 0 fully saturated rings. The van der Waals surface area contributed by atoms with Crippen molar-refractivity contribution in [3.63, 3.8) is 0 Å². The molecule has 0 aromatic carbocycles. The van der Waals surface area contributed by atoms with Crippen LogP contribution in [0.4, 0.5) is 0 Å². The number of hydrogen-bond acceptors (Lipinski definition) is 3. The smallest absolute Gasteiger partial charge is 0.130 e. The Morgan fingerprint density at radius 1 is 1.58 bits per heavy atom. The van der Waals surface area contributed by atoms with Crippen molar-refractivity contribution in [1.82, 2.24) is 5.32 Å². The van der Waals surface area contributed by atoms with Crippen molar-refractivity contribution >= 4 is 5.57 Å². The molecule has 2 heterocycles. The molecule has 2 rings (SSSR count). The number of nitrogens with one attached hydrogen (secondary N) is 1. The maximum Gasteiger partial charge on any atom is 0.130 e. The zero-order chi connectivity index (χ0) is 8.39. The minimum absolute atomic E-state index is 0.390. The van der Waals surface area contributed by atoms with E-state index in [1.54, 1.807) is 6.26 Å². The van der Waals surface area contributed by atoms with Crippen molar-refractivity contribution in [1.29, 1.82) is 0 Å². The Bertz CT molecular complexity index is 277. The number of rotatable bonds is 1. The molecule has 1 unspecified atom stereocenters. The SMILES string of the molecule is OC1C=C(c2ccco2)CNC1. The minimum atomic E-state index is -0.390. The van der Waals surface area contributed by atoms with Crippen LogP contribution in [0.1, 0.15) is 5.76 Å². The van der Waals surface area contributed by atoms with Gasteiger partial charge in [-0.2, -0.15) is 0 Å². The van der Waals surface area contributed by atoms with Gasteiger partial charge in [0.05, 0.1) is 12.4 Å². The van der Waals surface area contributed by atoms with Gasteiger partial charge in [0.1, 0.15) is 5.76 Å². The first-order valence-electron chi connectivity index (χ1n) is 3.99. The van der Waals surface area contributed by atoms with E-state index >= 15 is 0 Å². The fourth-order valence-corrected chi connectivity index (χ4v) is 1.34. The lowest BCUT2D eigenvalue weighted by atomic mass is 10.1. The van der Waals surface area contributed by atoms with Crippen molar-refractivity contribution in [2.45, 2.75) is 6.10 Å². The first-order chi connectivity index (χ1) is 5.86. The molecule has 1 aliphatic heterocycles. The monoisotopic (exact) mass is 165 g/mol. The topological polar surface area (TPSA) is 45.4 Å². The zero-order valence-corrected chi connectivity index (χ0v) is 6.66. The van der Waals surface area contributed by atoms with Crippen molar-refractivity contribution in [3.05, 3.63) is 30.2 Å².